The molecule has 0 saturated heterocycles. The zero-order valence-electron chi connectivity index (χ0n) is 43.0. The number of rotatable bonds is 5. The molecule has 2 heterocycles. The minimum Gasteiger partial charge on any atom is -0.537 e. The van der Waals surface area contributed by atoms with Crippen molar-refractivity contribution in [3.63, 3.8) is 0 Å². The van der Waals surface area contributed by atoms with Crippen LogP contribution in [0.5, 0.6) is 5.75 Å². The topological polar surface area (TPSA) is 81.0 Å². The molecule has 1 N–H and O–H groups in total. The van der Waals surface area contributed by atoms with Crippen molar-refractivity contribution in [2.45, 2.75) is 0 Å². The minimum absolute atomic E-state index is 0.424. The van der Waals surface area contributed by atoms with E-state index in [0.717, 1.165) is 66.0 Å². The normalized spacial score (nSPS) is 11.4. The molecular weight excluding hydrogens is 999 g/mol. The number of hydrogen-bond donors (Lipinski definition) is 1. The van der Waals surface area contributed by atoms with Crippen molar-refractivity contribution in [2.75, 3.05) is 0 Å². The number of fused-ring (bicyclic) bond motifs is 18. The van der Waals surface area contributed by atoms with Crippen molar-refractivity contribution in [1.82, 2.24) is 19.9 Å². The van der Waals surface area contributed by atoms with Gasteiger partial charge in [0.1, 0.15) is 10.9 Å². The number of hydrogen-bond acceptors (Lipinski definition) is 6. The van der Waals surface area contributed by atoms with Crippen LogP contribution in [0.15, 0.2) is 267 Å². The third-order valence-corrected chi connectivity index (χ3v) is 15.3. The Hall–Kier alpha value is -10.0. The molecule has 14 aromatic carbocycles. The summed E-state index contributed by atoms with van der Waals surface area (Å²) in [6, 6.07) is 88.5. The van der Waals surface area contributed by atoms with E-state index in [4.69, 9.17) is 31.2 Å². The van der Waals surface area contributed by atoms with Gasteiger partial charge in [-0.05, 0) is 117 Å². The van der Waals surface area contributed by atoms with Crippen molar-refractivity contribution < 1.29 is 9.68 Å². The van der Waals surface area contributed by atoms with Crippen LogP contribution in [0.4, 0.5) is 0 Å². The van der Waals surface area contributed by atoms with Crippen LogP contribution >= 0.6 is 11.6 Å². The van der Waals surface area contributed by atoms with Gasteiger partial charge in [0.05, 0.1) is 40.2 Å². The van der Waals surface area contributed by atoms with E-state index in [1.54, 1.807) is 6.20 Å². The quantitative estimate of drug-likeness (QED) is 0.137. The first kappa shape index (κ1) is 48.3. The van der Waals surface area contributed by atoms with E-state index >= 15 is 0 Å². The van der Waals surface area contributed by atoms with Gasteiger partial charge in [0.15, 0.2) is 0 Å². The summed E-state index contributed by atoms with van der Waals surface area (Å²) in [6.07, 6.45) is 3.52. The number of halogens is 1. The van der Waals surface area contributed by atoms with Gasteiger partial charge in [-0.15, -0.1) is 0 Å². The van der Waals surface area contributed by atoms with Crippen LogP contribution in [0.2, 0.25) is 5.15 Å². The van der Waals surface area contributed by atoms with Crippen molar-refractivity contribution >= 4 is 128 Å². The third-order valence-electron chi connectivity index (χ3n) is 15.2. The van der Waals surface area contributed by atoms with Gasteiger partial charge in [-0.3, -0.25) is 9.97 Å². The SMILES string of the molecule is Clc1cnc2c3ccccc3c3ccccc3c2n1.O[B]Oc1cccc(-c2cc3ccccc3c3ccccc23)c1.c1cc(-c2cnc3c4ccccc4c4ccccc4c3n2)cc(-c2cc3ccccc3c3ccccc23)c1. The molecule has 2 aromatic heterocycles. The highest BCUT2D eigenvalue weighted by Crippen LogP contribution is 2.40. The number of benzene rings is 14. The fourth-order valence-corrected chi connectivity index (χ4v) is 11.7. The summed E-state index contributed by atoms with van der Waals surface area (Å²) >= 11 is 6.00. The number of aromatic nitrogens is 4. The van der Waals surface area contributed by atoms with Gasteiger partial charge >= 0.3 is 7.69 Å². The van der Waals surface area contributed by atoms with Gasteiger partial charge in [0.25, 0.3) is 0 Å². The summed E-state index contributed by atoms with van der Waals surface area (Å²) in [5.74, 6) is 0.613. The van der Waals surface area contributed by atoms with Crippen molar-refractivity contribution in [2.24, 2.45) is 0 Å². The Kier molecular flexibility index (Phi) is 12.5. The van der Waals surface area contributed by atoms with Crippen LogP contribution in [0.25, 0.3) is 142 Å². The lowest BCUT2D eigenvalue weighted by Gasteiger charge is -2.13. The predicted molar refractivity (Wildman–Crippen MR) is 335 cm³/mol. The molecule has 0 amide bonds. The molecular formula is C72H45BClN4O2. The molecule has 0 atom stereocenters. The second-order valence-corrected chi connectivity index (χ2v) is 20.1. The van der Waals surface area contributed by atoms with Crippen LogP contribution < -0.4 is 4.65 Å². The molecule has 0 unspecified atom stereocenters. The van der Waals surface area contributed by atoms with Crippen molar-refractivity contribution in [3.05, 3.63) is 272 Å². The van der Waals surface area contributed by atoms with Crippen LogP contribution in [-0.2, 0) is 0 Å². The summed E-state index contributed by atoms with van der Waals surface area (Å²) in [4.78, 5) is 19.1. The average molecular weight is 1040 g/mol. The van der Waals surface area contributed by atoms with E-state index in [-0.39, 0.29) is 0 Å². The maximum atomic E-state index is 8.85. The molecule has 0 saturated carbocycles. The smallest absolute Gasteiger partial charge is 0.537 e. The van der Waals surface area contributed by atoms with Gasteiger partial charge < -0.3 is 9.68 Å². The van der Waals surface area contributed by atoms with E-state index in [1.807, 2.05) is 48.7 Å². The highest BCUT2D eigenvalue weighted by atomic mass is 35.5. The molecule has 0 aliphatic rings. The van der Waals surface area contributed by atoms with Crippen LogP contribution in [0, 0.1) is 0 Å². The fourth-order valence-electron chi connectivity index (χ4n) is 11.6. The Morgan fingerprint density at radius 3 is 1.16 bits per heavy atom. The zero-order valence-corrected chi connectivity index (χ0v) is 43.8. The summed E-state index contributed by atoms with van der Waals surface area (Å²) in [6.45, 7) is 0. The highest BCUT2D eigenvalue weighted by molar-refractivity contribution is 6.31. The predicted octanol–water partition coefficient (Wildman–Crippen LogP) is 18.7. The lowest BCUT2D eigenvalue weighted by atomic mass is 9.92. The third kappa shape index (κ3) is 8.72. The van der Waals surface area contributed by atoms with Crippen LogP contribution in [0.1, 0.15) is 0 Å². The second-order valence-electron chi connectivity index (χ2n) is 19.7. The number of nitrogens with zero attached hydrogens (tertiary/aromatic N) is 4. The highest BCUT2D eigenvalue weighted by Gasteiger charge is 2.16. The van der Waals surface area contributed by atoms with E-state index < -0.39 is 0 Å². The summed E-state index contributed by atoms with van der Waals surface area (Å²) in [5.41, 5.74) is 10.2. The summed E-state index contributed by atoms with van der Waals surface area (Å²) in [5, 5.41) is 28.5. The van der Waals surface area contributed by atoms with E-state index in [1.165, 1.54) is 75.8 Å². The fraction of sp³-hybridized carbons (Fsp3) is 0. The first-order chi connectivity index (χ1) is 39.6. The maximum absolute atomic E-state index is 8.85. The largest absolute Gasteiger partial charge is 0.569 e. The minimum atomic E-state index is 0.424. The van der Waals surface area contributed by atoms with E-state index in [0.29, 0.717) is 18.6 Å². The summed E-state index contributed by atoms with van der Waals surface area (Å²) < 4.78 is 5.10. The summed E-state index contributed by atoms with van der Waals surface area (Å²) in [7, 11) is 0.706. The lowest BCUT2D eigenvalue weighted by molar-refractivity contribution is 0.454. The first-order valence-electron chi connectivity index (χ1n) is 26.5. The van der Waals surface area contributed by atoms with Gasteiger partial charge in [-0.2, -0.15) is 0 Å². The molecule has 0 aliphatic carbocycles. The van der Waals surface area contributed by atoms with E-state index in [9.17, 15) is 0 Å². The molecule has 0 spiro atoms. The van der Waals surface area contributed by atoms with Crippen LogP contribution in [-0.4, -0.2) is 32.6 Å². The van der Waals surface area contributed by atoms with Crippen molar-refractivity contribution in [1.29, 1.82) is 0 Å². The zero-order chi connectivity index (χ0) is 53.5. The van der Waals surface area contributed by atoms with E-state index in [2.05, 4.69) is 222 Å². The molecule has 0 bridgehead atoms. The Morgan fingerprint density at radius 1 is 0.312 bits per heavy atom. The molecule has 375 valence electrons. The first-order valence-corrected chi connectivity index (χ1v) is 26.9. The Bertz CT molecular complexity index is 5020. The molecule has 1 radical (unpaired) electrons. The van der Waals surface area contributed by atoms with Gasteiger partial charge in [0, 0.05) is 27.1 Å². The van der Waals surface area contributed by atoms with Gasteiger partial charge in [-0.25, -0.2) is 9.97 Å². The van der Waals surface area contributed by atoms with Crippen molar-refractivity contribution in [3.8, 4) is 39.3 Å². The Balaban J connectivity index is 0.000000117. The monoisotopic (exact) mass is 1040 g/mol. The average Bonchev–Trinajstić information content (AvgIpc) is 3.58. The molecule has 0 aliphatic heterocycles. The Morgan fingerprint density at radius 2 is 0.675 bits per heavy atom. The Labute approximate surface area is 466 Å². The van der Waals surface area contributed by atoms with Crippen LogP contribution in [0.3, 0.4) is 0 Å². The van der Waals surface area contributed by atoms with Gasteiger partial charge in [0.2, 0.25) is 0 Å². The molecule has 80 heavy (non-hydrogen) atoms. The molecule has 6 nitrogen and oxygen atoms in total. The second kappa shape index (κ2) is 20.7. The molecule has 8 heteroatoms. The standard InChI is InChI=1S/C36H22N2.C20H14BO2.C16H9ClN2/c1-2-13-26-24(10-1)21-33(30-17-4-3-14-27(26)30)23-11-9-12-25(20-23)34-22-37-35-31-18-7-5-15-28(31)29-16-6-8-19-32(29)36(35)38-34;22-21-23-16-8-5-7-14(12-16)20-13-15-6-1-2-9-17(15)18-10-3-4-11-19(18)20;17-14-9-18-15-12-7-3-1-5-10(12)11-6-2-4-8-13(11)16(15)19-14/h1-22H;1-13,22H;1-9H. The van der Waals surface area contributed by atoms with Gasteiger partial charge in [-0.1, -0.05) is 236 Å². The molecule has 16 rings (SSSR count). The molecule has 16 aromatic rings. The maximum Gasteiger partial charge on any atom is 0.569 e. The molecule has 0 fully saturated rings. The lowest BCUT2D eigenvalue weighted by Crippen LogP contribution is -1.99.